The molecule has 1 aromatic carbocycles. The van der Waals surface area contributed by atoms with Gasteiger partial charge in [-0.2, -0.15) is 0 Å². The third kappa shape index (κ3) is 2.59. The van der Waals surface area contributed by atoms with Gasteiger partial charge < -0.3 is 10.6 Å². The summed E-state index contributed by atoms with van der Waals surface area (Å²) in [5, 5.41) is 6.44. The Kier molecular flexibility index (Phi) is 3.37. The van der Waals surface area contributed by atoms with Crippen molar-refractivity contribution >= 4 is 15.7 Å². The quantitative estimate of drug-likeness (QED) is 0.723. The van der Waals surface area contributed by atoms with Gasteiger partial charge in [-0.1, -0.05) is 6.07 Å². The highest BCUT2D eigenvalue weighted by Crippen LogP contribution is 2.20. The molecule has 1 fully saturated rings. The minimum absolute atomic E-state index is 0.331. The molecule has 1 aliphatic rings. The van der Waals surface area contributed by atoms with Gasteiger partial charge >= 0.3 is 0 Å². The lowest BCUT2D eigenvalue weighted by Crippen LogP contribution is -2.51. The van der Waals surface area contributed by atoms with Crippen molar-refractivity contribution in [2.75, 3.05) is 25.5 Å². The fourth-order valence-corrected chi connectivity index (χ4v) is 2.71. The minimum atomic E-state index is -3.38. The van der Waals surface area contributed by atoms with Crippen LogP contribution >= 0.6 is 0 Å². The molecular formula is C11H17N3O2S. The van der Waals surface area contributed by atoms with Crippen molar-refractivity contribution in [1.29, 1.82) is 0 Å². The molecule has 1 aliphatic heterocycles. The van der Waals surface area contributed by atoms with Gasteiger partial charge in [0.15, 0.2) is 0 Å². The molecule has 0 bridgehead atoms. The van der Waals surface area contributed by atoms with Gasteiger partial charge in [-0.3, -0.25) is 0 Å². The highest BCUT2D eigenvalue weighted by Gasteiger charge is 2.18. The van der Waals surface area contributed by atoms with E-state index in [-0.39, 0.29) is 0 Å². The standard InChI is InChI=1S/C11H17N3O2S/c1-8-3-4-9(14-10-6-13-7-10)5-11(8)17(15,16)12-2/h3-5,10,12-14H,6-7H2,1-2H3. The van der Waals surface area contributed by atoms with Crippen LogP contribution in [0.4, 0.5) is 5.69 Å². The Morgan fingerprint density at radius 3 is 2.59 bits per heavy atom. The second-order valence-electron chi connectivity index (χ2n) is 4.19. The average molecular weight is 255 g/mol. The SMILES string of the molecule is CNS(=O)(=O)c1cc(NC2CNC2)ccc1C. The van der Waals surface area contributed by atoms with Gasteiger partial charge in [-0.05, 0) is 31.7 Å². The second-order valence-corrected chi connectivity index (χ2v) is 6.04. The molecule has 0 atom stereocenters. The molecule has 6 heteroatoms. The van der Waals surface area contributed by atoms with Gasteiger partial charge in [0.05, 0.1) is 10.9 Å². The van der Waals surface area contributed by atoms with E-state index in [0.717, 1.165) is 24.3 Å². The smallest absolute Gasteiger partial charge is 0.240 e. The lowest BCUT2D eigenvalue weighted by atomic mass is 10.1. The van der Waals surface area contributed by atoms with Crippen molar-refractivity contribution in [2.45, 2.75) is 17.9 Å². The highest BCUT2D eigenvalue weighted by molar-refractivity contribution is 7.89. The first kappa shape index (κ1) is 12.3. The van der Waals surface area contributed by atoms with Crippen LogP contribution in [0.5, 0.6) is 0 Å². The normalized spacial score (nSPS) is 16.6. The summed E-state index contributed by atoms with van der Waals surface area (Å²) in [7, 11) is -1.96. The molecule has 2 rings (SSSR count). The summed E-state index contributed by atoms with van der Waals surface area (Å²) in [5.74, 6) is 0. The molecule has 3 N–H and O–H groups in total. The molecule has 1 aromatic rings. The Morgan fingerprint density at radius 2 is 2.06 bits per heavy atom. The van der Waals surface area contributed by atoms with Gasteiger partial charge in [0.2, 0.25) is 10.0 Å². The summed E-state index contributed by atoms with van der Waals surface area (Å²) in [6.45, 7) is 3.63. The zero-order chi connectivity index (χ0) is 12.5. The van der Waals surface area contributed by atoms with Gasteiger partial charge in [0.1, 0.15) is 0 Å². The number of hydrogen-bond donors (Lipinski definition) is 3. The fraction of sp³-hybridized carbons (Fsp3) is 0.455. The Bertz CT molecular complexity index is 509. The van der Waals surface area contributed by atoms with E-state index in [9.17, 15) is 8.42 Å². The summed E-state index contributed by atoms with van der Waals surface area (Å²) in [4.78, 5) is 0.331. The topological polar surface area (TPSA) is 70.2 Å². The molecule has 5 nitrogen and oxygen atoms in total. The molecule has 0 amide bonds. The lowest BCUT2D eigenvalue weighted by Gasteiger charge is -2.29. The maximum atomic E-state index is 11.8. The van der Waals surface area contributed by atoms with E-state index in [0.29, 0.717) is 10.9 Å². The van der Waals surface area contributed by atoms with Crippen molar-refractivity contribution < 1.29 is 8.42 Å². The van der Waals surface area contributed by atoms with E-state index < -0.39 is 10.0 Å². The van der Waals surface area contributed by atoms with Crippen molar-refractivity contribution in [3.8, 4) is 0 Å². The Labute approximate surface area is 102 Å². The molecule has 94 valence electrons. The first-order valence-corrected chi connectivity index (χ1v) is 7.03. The van der Waals surface area contributed by atoms with Crippen LogP contribution in [0.3, 0.4) is 0 Å². The van der Waals surface area contributed by atoms with Crippen molar-refractivity contribution in [1.82, 2.24) is 10.0 Å². The highest BCUT2D eigenvalue weighted by atomic mass is 32.2. The maximum Gasteiger partial charge on any atom is 0.240 e. The molecule has 0 spiro atoms. The Hall–Kier alpha value is -1.11. The number of sulfonamides is 1. The van der Waals surface area contributed by atoms with E-state index in [1.807, 2.05) is 12.1 Å². The van der Waals surface area contributed by atoms with E-state index >= 15 is 0 Å². The molecule has 1 heterocycles. The molecule has 0 aliphatic carbocycles. The summed E-state index contributed by atoms with van der Waals surface area (Å²) in [6, 6.07) is 5.79. The van der Waals surface area contributed by atoms with Crippen LogP contribution in [0.1, 0.15) is 5.56 Å². The van der Waals surface area contributed by atoms with Crippen LogP contribution in [0.15, 0.2) is 23.1 Å². The van der Waals surface area contributed by atoms with E-state index in [1.54, 1.807) is 13.0 Å². The predicted octanol–water partition coefficient (Wildman–Crippen LogP) is 0.287. The van der Waals surface area contributed by atoms with Crippen LogP contribution in [0, 0.1) is 6.92 Å². The first-order valence-electron chi connectivity index (χ1n) is 5.54. The summed E-state index contributed by atoms with van der Waals surface area (Å²) >= 11 is 0. The van der Waals surface area contributed by atoms with Crippen LogP contribution in [-0.2, 0) is 10.0 Å². The summed E-state index contributed by atoms with van der Waals surface area (Å²) in [6.07, 6.45) is 0. The van der Waals surface area contributed by atoms with Gasteiger partial charge in [0, 0.05) is 18.8 Å². The number of benzene rings is 1. The number of rotatable bonds is 4. The third-order valence-electron chi connectivity index (χ3n) is 2.90. The van der Waals surface area contributed by atoms with Crippen molar-refractivity contribution in [3.63, 3.8) is 0 Å². The largest absolute Gasteiger partial charge is 0.380 e. The van der Waals surface area contributed by atoms with Crippen molar-refractivity contribution in [2.24, 2.45) is 0 Å². The molecule has 0 aromatic heterocycles. The summed E-state index contributed by atoms with van der Waals surface area (Å²) < 4.78 is 25.9. The lowest BCUT2D eigenvalue weighted by molar-refractivity contribution is 0.472. The van der Waals surface area contributed by atoms with Gasteiger partial charge in [-0.15, -0.1) is 0 Å². The number of nitrogens with one attached hydrogen (secondary N) is 3. The third-order valence-corrected chi connectivity index (χ3v) is 4.45. The number of anilines is 1. The van der Waals surface area contributed by atoms with Gasteiger partial charge in [-0.25, -0.2) is 13.1 Å². The number of hydrogen-bond acceptors (Lipinski definition) is 4. The van der Waals surface area contributed by atoms with E-state index in [4.69, 9.17) is 0 Å². The van der Waals surface area contributed by atoms with Crippen LogP contribution in [0.25, 0.3) is 0 Å². The average Bonchev–Trinajstić information content (AvgIpc) is 2.25. The maximum absolute atomic E-state index is 11.8. The molecular weight excluding hydrogens is 238 g/mol. The van der Waals surface area contributed by atoms with E-state index in [1.165, 1.54) is 7.05 Å². The summed E-state index contributed by atoms with van der Waals surface area (Å²) in [5.41, 5.74) is 1.59. The second kappa shape index (κ2) is 4.64. The monoisotopic (exact) mass is 255 g/mol. The molecule has 17 heavy (non-hydrogen) atoms. The first-order chi connectivity index (χ1) is 8.03. The van der Waals surface area contributed by atoms with Gasteiger partial charge in [0.25, 0.3) is 0 Å². The molecule has 0 radical (unpaired) electrons. The zero-order valence-electron chi connectivity index (χ0n) is 9.95. The predicted molar refractivity (Wildman–Crippen MR) is 67.7 cm³/mol. The Balaban J connectivity index is 2.28. The molecule has 1 saturated heterocycles. The van der Waals surface area contributed by atoms with Crippen molar-refractivity contribution in [3.05, 3.63) is 23.8 Å². The Morgan fingerprint density at radius 1 is 1.35 bits per heavy atom. The zero-order valence-corrected chi connectivity index (χ0v) is 10.8. The minimum Gasteiger partial charge on any atom is -0.380 e. The number of aryl methyl sites for hydroxylation is 1. The van der Waals surface area contributed by atoms with Crippen LogP contribution < -0.4 is 15.4 Å². The molecule has 0 saturated carbocycles. The fourth-order valence-electron chi connectivity index (χ4n) is 1.72. The van der Waals surface area contributed by atoms with Crippen LogP contribution in [0.2, 0.25) is 0 Å². The molecule has 0 unspecified atom stereocenters. The van der Waals surface area contributed by atoms with Crippen LogP contribution in [-0.4, -0.2) is 34.6 Å². The van der Waals surface area contributed by atoms with E-state index in [2.05, 4.69) is 15.4 Å².